The number of alkyl halides is 3. The minimum absolute atomic E-state index is 0.0287. The largest absolute Gasteiger partial charge is 0.487 e. The number of hydrogen-bond donors (Lipinski definition) is 1. The van der Waals surface area contributed by atoms with Crippen molar-refractivity contribution in [3.8, 4) is 17.2 Å². The lowest BCUT2D eigenvalue weighted by atomic mass is 10.0. The maximum absolute atomic E-state index is 12.7. The second kappa shape index (κ2) is 9.17. The van der Waals surface area contributed by atoms with Gasteiger partial charge >= 0.3 is 6.18 Å². The molecule has 1 aromatic heterocycles. The van der Waals surface area contributed by atoms with E-state index in [0.29, 0.717) is 22.8 Å². The van der Waals surface area contributed by atoms with Crippen LogP contribution < -0.4 is 4.74 Å². The first kappa shape index (κ1) is 21.6. The van der Waals surface area contributed by atoms with E-state index in [1.807, 2.05) is 31.2 Å². The molecular weight excluding hydrogens is 395 g/mol. The van der Waals surface area contributed by atoms with Gasteiger partial charge in [0.2, 0.25) is 5.89 Å². The van der Waals surface area contributed by atoms with Gasteiger partial charge in [-0.2, -0.15) is 13.2 Å². The summed E-state index contributed by atoms with van der Waals surface area (Å²) in [7, 11) is 0. The molecule has 0 aliphatic heterocycles. The van der Waals surface area contributed by atoms with E-state index in [1.165, 1.54) is 12.1 Å². The Labute approximate surface area is 172 Å². The fraction of sp³-hybridized carbons (Fsp3) is 0.261. The maximum atomic E-state index is 12.7. The minimum atomic E-state index is -4.39. The molecule has 7 heteroatoms. The van der Waals surface area contributed by atoms with Crippen LogP contribution in [0.1, 0.15) is 35.9 Å². The monoisotopic (exact) mass is 417 g/mol. The summed E-state index contributed by atoms with van der Waals surface area (Å²) < 4.78 is 49.6. The quantitative estimate of drug-likeness (QED) is 0.510. The van der Waals surface area contributed by atoms with Gasteiger partial charge in [0.15, 0.2) is 0 Å². The molecule has 3 aromatic rings. The van der Waals surface area contributed by atoms with Gasteiger partial charge in [0, 0.05) is 5.56 Å². The minimum Gasteiger partial charge on any atom is -0.487 e. The van der Waals surface area contributed by atoms with Gasteiger partial charge in [-0.3, -0.25) is 0 Å². The number of aromatic nitrogens is 1. The number of halogens is 3. The summed E-state index contributed by atoms with van der Waals surface area (Å²) in [5.41, 5.74) is 2.29. The molecule has 0 aliphatic rings. The van der Waals surface area contributed by atoms with Gasteiger partial charge in [-0.25, -0.2) is 4.98 Å². The lowest BCUT2D eigenvalue weighted by Gasteiger charge is -2.09. The standard InChI is InChI=1S/C23H22F3NO3/c1-3-16(11-12-28)18-5-4-6-20(13-18)29-14-21-15(2)30-22(27-21)17-7-9-19(10-8-17)23(24,25)26/h4-11,13,28H,3,12,14H2,1-2H3/b16-11+. The second-order valence-electron chi connectivity index (χ2n) is 6.68. The second-order valence-corrected chi connectivity index (χ2v) is 6.68. The number of nitrogens with zero attached hydrogens (tertiary/aromatic N) is 1. The average Bonchev–Trinajstić information content (AvgIpc) is 3.10. The summed E-state index contributed by atoms with van der Waals surface area (Å²) >= 11 is 0. The maximum Gasteiger partial charge on any atom is 0.416 e. The van der Waals surface area contributed by atoms with Crippen LogP contribution in [0, 0.1) is 6.92 Å². The molecular formula is C23H22F3NO3. The number of aryl methyl sites for hydroxylation is 1. The van der Waals surface area contributed by atoms with Crippen LogP contribution in [-0.2, 0) is 12.8 Å². The van der Waals surface area contributed by atoms with Crippen molar-refractivity contribution in [2.24, 2.45) is 0 Å². The van der Waals surface area contributed by atoms with Crippen LogP contribution in [0.25, 0.3) is 17.0 Å². The molecule has 1 N–H and O–H groups in total. The number of oxazole rings is 1. The smallest absolute Gasteiger partial charge is 0.416 e. The van der Waals surface area contributed by atoms with Crippen LogP contribution in [0.3, 0.4) is 0 Å². The first-order chi connectivity index (χ1) is 14.3. The molecule has 0 amide bonds. The first-order valence-corrected chi connectivity index (χ1v) is 9.49. The zero-order chi connectivity index (χ0) is 21.7. The van der Waals surface area contributed by atoms with Gasteiger partial charge < -0.3 is 14.3 Å². The number of allylic oxidation sites excluding steroid dienone is 1. The molecule has 30 heavy (non-hydrogen) atoms. The molecule has 0 radical (unpaired) electrons. The third kappa shape index (κ3) is 5.10. The van der Waals surface area contributed by atoms with Gasteiger partial charge in [0.25, 0.3) is 0 Å². The van der Waals surface area contributed by atoms with Crippen LogP contribution in [0.5, 0.6) is 5.75 Å². The van der Waals surface area contributed by atoms with Crippen LogP contribution >= 0.6 is 0 Å². The fourth-order valence-electron chi connectivity index (χ4n) is 3.00. The lowest BCUT2D eigenvalue weighted by molar-refractivity contribution is -0.137. The SMILES string of the molecule is CC/C(=C\CO)c1cccc(OCc2nc(-c3ccc(C(F)(F)F)cc3)oc2C)c1. The normalized spacial score (nSPS) is 12.3. The Morgan fingerprint density at radius 2 is 1.90 bits per heavy atom. The summed E-state index contributed by atoms with van der Waals surface area (Å²) in [6, 6.07) is 12.2. The van der Waals surface area contributed by atoms with E-state index in [2.05, 4.69) is 4.98 Å². The highest BCUT2D eigenvalue weighted by Gasteiger charge is 2.30. The van der Waals surface area contributed by atoms with E-state index >= 15 is 0 Å². The molecule has 158 valence electrons. The Kier molecular flexibility index (Phi) is 6.62. The molecule has 0 spiro atoms. The summed E-state index contributed by atoms with van der Waals surface area (Å²) in [5, 5.41) is 9.15. The molecule has 0 bridgehead atoms. The van der Waals surface area contributed by atoms with Gasteiger partial charge in [-0.15, -0.1) is 0 Å². The Hall–Kier alpha value is -3.06. The molecule has 0 aliphatic carbocycles. The van der Waals surface area contributed by atoms with Crippen LogP contribution in [0.15, 0.2) is 59.0 Å². The summed E-state index contributed by atoms with van der Waals surface area (Å²) in [4.78, 5) is 4.37. The van der Waals surface area contributed by atoms with Gasteiger partial charge in [0.05, 0.1) is 12.2 Å². The molecule has 0 saturated carbocycles. The topological polar surface area (TPSA) is 55.5 Å². The molecule has 0 atom stereocenters. The van der Waals surface area contributed by atoms with E-state index in [0.717, 1.165) is 29.7 Å². The third-order valence-electron chi connectivity index (χ3n) is 4.65. The zero-order valence-electron chi connectivity index (χ0n) is 16.7. The number of aliphatic hydroxyl groups excluding tert-OH is 1. The van der Waals surface area contributed by atoms with Crippen LogP contribution in [0.4, 0.5) is 13.2 Å². The number of ether oxygens (including phenoxy) is 1. The molecule has 2 aromatic carbocycles. The highest BCUT2D eigenvalue weighted by molar-refractivity contribution is 5.66. The predicted octanol–water partition coefficient (Wildman–Crippen LogP) is 6.03. The van der Waals surface area contributed by atoms with Crippen molar-refractivity contribution < 1.29 is 27.4 Å². The molecule has 3 rings (SSSR count). The van der Waals surface area contributed by atoms with Crippen LogP contribution in [0.2, 0.25) is 0 Å². The molecule has 1 heterocycles. The number of aliphatic hydroxyl groups is 1. The Morgan fingerprint density at radius 3 is 2.53 bits per heavy atom. The molecule has 4 nitrogen and oxygen atoms in total. The number of benzene rings is 2. The van der Waals surface area contributed by atoms with Crippen molar-refractivity contribution in [2.75, 3.05) is 6.61 Å². The van der Waals surface area contributed by atoms with Crippen LogP contribution in [-0.4, -0.2) is 16.7 Å². The highest BCUT2D eigenvalue weighted by Crippen LogP contribution is 2.31. The highest BCUT2D eigenvalue weighted by atomic mass is 19.4. The average molecular weight is 417 g/mol. The Bertz CT molecular complexity index is 1020. The zero-order valence-corrected chi connectivity index (χ0v) is 16.7. The molecule has 0 unspecified atom stereocenters. The number of hydrogen-bond acceptors (Lipinski definition) is 4. The third-order valence-corrected chi connectivity index (χ3v) is 4.65. The van der Waals surface area contributed by atoms with E-state index in [4.69, 9.17) is 14.3 Å². The van der Waals surface area contributed by atoms with Crippen molar-refractivity contribution in [3.05, 3.63) is 77.2 Å². The summed E-state index contributed by atoms with van der Waals surface area (Å²) in [5.74, 6) is 1.42. The van der Waals surface area contributed by atoms with E-state index in [9.17, 15) is 13.2 Å². The van der Waals surface area contributed by atoms with Gasteiger partial charge in [0.1, 0.15) is 23.8 Å². The fourth-order valence-corrected chi connectivity index (χ4v) is 3.00. The molecule has 0 saturated heterocycles. The predicted molar refractivity (Wildman–Crippen MR) is 108 cm³/mol. The van der Waals surface area contributed by atoms with E-state index < -0.39 is 11.7 Å². The van der Waals surface area contributed by atoms with Crippen molar-refractivity contribution in [1.82, 2.24) is 4.98 Å². The van der Waals surface area contributed by atoms with Crippen molar-refractivity contribution in [2.45, 2.75) is 33.1 Å². The Balaban J connectivity index is 1.73. The summed E-state index contributed by atoms with van der Waals surface area (Å²) in [6.07, 6.45) is -1.84. The summed E-state index contributed by atoms with van der Waals surface area (Å²) in [6.45, 7) is 3.87. The van der Waals surface area contributed by atoms with Gasteiger partial charge in [-0.1, -0.05) is 25.1 Å². The Morgan fingerprint density at radius 1 is 1.17 bits per heavy atom. The number of rotatable bonds is 7. The first-order valence-electron chi connectivity index (χ1n) is 9.49. The van der Waals surface area contributed by atoms with Gasteiger partial charge in [-0.05, 0) is 60.9 Å². The molecule has 0 fully saturated rings. The van der Waals surface area contributed by atoms with Crippen molar-refractivity contribution in [3.63, 3.8) is 0 Å². The van der Waals surface area contributed by atoms with E-state index in [1.54, 1.807) is 13.0 Å². The van der Waals surface area contributed by atoms with E-state index in [-0.39, 0.29) is 19.1 Å². The van der Waals surface area contributed by atoms with Crippen molar-refractivity contribution >= 4 is 5.57 Å². The lowest BCUT2D eigenvalue weighted by Crippen LogP contribution is -2.04. The van der Waals surface area contributed by atoms with Crippen molar-refractivity contribution in [1.29, 1.82) is 0 Å².